The normalized spacial score (nSPS) is 35.7. The molecule has 154 valence electrons. The molecule has 3 aliphatic rings. The SMILES string of the molecule is COc1cccc([C@H]2OCCC34C[C@@H](C[C@H]23)C(C)(C)[C@H]4NC(=O)C(C)C)c1F. The molecule has 5 atom stereocenters. The summed E-state index contributed by atoms with van der Waals surface area (Å²) in [5.41, 5.74) is 0.593. The van der Waals surface area contributed by atoms with Gasteiger partial charge in [0.15, 0.2) is 11.6 Å². The minimum absolute atomic E-state index is 0.0306. The highest BCUT2D eigenvalue weighted by atomic mass is 19.1. The lowest BCUT2D eigenvalue weighted by molar-refractivity contribution is -0.139. The fraction of sp³-hybridized carbons (Fsp3) is 0.696. The molecule has 1 aromatic carbocycles. The molecule has 1 N–H and O–H groups in total. The van der Waals surface area contributed by atoms with Crippen LogP contribution in [0.4, 0.5) is 4.39 Å². The Kier molecular flexibility index (Phi) is 4.72. The first-order chi connectivity index (χ1) is 13.2. The number of nitrogens with one attached hydrogen (secondary N) is 1. The van der Waals surface area contributed by atoms with Crippen LogP contribution >= 0.6 is 0 Å². The minimum Gasteiger partial charge on any atom is -0.494 e. The van der Waals surface area contributed by atoms with Gasteiger partial charge < -0.3 is 14.8 Å². The van der Waals surface area contributed by atoms with Gasteiger partial charge in [0.25, 0.3) is 0 Å². The van der Waals surface area contributed by atoms with Crippen molar-refractivity contribution in [1.82, 2.24) is 5.32 Å². The summed E-state index contributed by atoms with van der Waals surface area (Å²) >= 11 is 0. The zero-order valence-corrected chi connectivity index (χ0v) is 17.5. The number of fused-ring (bicyclic) bond motifs is 1. The lowest BCUT2D eigenvalue weighted by atomic mass is 9.58. The van der Waals surface area contributed by atoms with Crippen LogP contribution in [-0.4, -0.2) is 25.7 Å². The molecule has 5 heteroatoms. The topological polar surface area (TPSA) is 47.6 Å². The van der Waals surface area contributed by atoms with Crippen LogP contribution in [0.15, 0.2) is 18.2 Å². The summed E-state index contributed by atoms with van der Waals surface area (Å²) < 4.78 is 26.4. The highest BCUT2D eigenvalue weighted by Crippen LogP contribution is 2.70. The Balaban J connectivity index is 1.71. The zero-order chi connectivity index (χ0) is 20.3. The lowest BCUT2D eigenvalue weighted by Crippen LogP contribution is -2.59. The maximum absolute atomic E-state index is 15.0. The van der Waals surface area contributed by atoms with Crippen LogP contribution in [0.25, 0.3) is 0 Å². The van der Waals surface area contributed by atoms with Crippen molar-refractivity contribution < 1.29 is 18.7 Å². The van der Waals surface area contributed by atoms with Gasteiger partial charge in [-0.3, -0.25) is 4.79 Å². The average Bonchev–Trinajstić information content (AvgIpc) is 3.14. The van der Waals surface area contributed by atoms with Crippen LogP contribution < -0.4 is 10.1 Å². The Morgan fingerprint density at radius 2 is 2.11 bits per heavy atom. The van der Waals surface area contributed by atoms with E-state index < -0.39 is 0 Å². The molecule has 1 saturated heterocycles. The van der Waals surface area contributed by atoms with Crippen molar-refractivity contribution in [3.63, 3.8) is 0 Å². The van der Waals surface area contributed by atoms with Crippen LogP contribution in [0.5, 0.6) is 5.75 Å². The van der Waals surface area contributed by atoms with E-state index in [-0.39, 0.29) is 52.3 Å². The molecule has 2 bridgehead atoms. The largest absolute Gasteiger partial charge is 0.494 e. The van der Waals surface area contributed by atoms with Crippen molar-refractivity contribution in [2.24, 2.45) is 28.6 Å². The molecule has 4 nitrogen and oxygen atoms in total. The molecular formula is C23H32FNO3. The van der Waals surface area contributed by atoms with E-state index in [9.17, 15) is 4.79 Å². The maximum atomic E-state index is 15.0. The first-order valence-electron chi connectivity index (χ1n) is 10.5. The molecule has 2 aliphatic carbocycles. The average molecular weight is 390 g/mol. The van der Waals surface area contributed by atoms with E-state index in [0.29, 0.717) is 18.1 Å². The van der Waals surface area contributed by atoms with Crippen LogP contribution in [0.1, 0.15) is 58.6 Å². The summed E-state index contributed by atoms with van der Waals surface area (Å²) in [6, 6.07) is 5.39. The Morgan fingerprint density at radius 1 is 1.36 bits per heavy atom. The molecule has 4 rings (SSSR count). The third-order valence-electron chi connectivity index (χ3n) is 7.84. The number of hydrogen-bond acceptors (Lipinski definition) is 3. The Morgan fingerprint density at radius 3 is 2.79 bits per heavy atom. The number of hydrogen-bond donors (Lipinski definition) is 1. The van der Waals surface area contributed by atoms with Crippen molar-refractivity contribution >= 4 is 5.91 Å². The number of methoxy groups -OCH3 is 1. The van der Waals surface area contributed by atoms with E-state index in [1.54, 1.807) is 6.07 Å². The molecule has 1 unspecified atom stereocenters. The van der Waals surface area contributed by atoms with Gasteiger partial charge in [0.1, 0.15) is 0 Å². The highest BCUT2D eigenvalue weighted by Gasteiger charge is 2.68. The number of amides is 1. The summed E-state index contributed by atoms with van der Waals surface area (Å²) in [5.74, 6) is 0.711. The second-order valence-corrected chi connectivity index (χ2v) is 9.80. The lowest BCUT2D eigenvalue weighted by Gasteiger charge is -2.53. The van der Waals surface area contributed by atoms with E-state index in [4.69, 9.17) is 9.47 Å². The van der Waals surface area contributed by atoms with Crippen molar-refractivity contribution in [3.8, 4) is 5.75 Å². The molecule has 2 saturated carbocycles. The maximum Gasteiger partial charge on any atom is 0.222 e. The summed E-state index contributed by atoms with van der Waals surface area (Å²) in [4.78, 5) is 12.6. The molecule has 1 aliphatic heterocycles. The van der Waals surface area contributed by atoms with Crippen molar-refractivity contribution in [3.05, 3.63) is 29.6 Å². The number of rotatable bonds is 4. The summed E-state index contributed by atoms with van der Waals surface area (Å²) in [6.07, 6.45) is 2.73. The van der Waals surface area contributed by atoms with E-state index in [1.807, 2.05) is 26.0 Å². The third kappa shape index (κ3) is 2.69. The Bertz CT molecular complexity index is 777. The van der Waals surface area contributed by atoms with Crippen LogP contribution in [0.2, 0.25) is 0 Å². The van der Waals surface area contributed by atoms with Gasteiger partial charge >= 0.3 is 0 Å². The Labute approximate surface area is 167 Å². The van der Waals surface area contributed by atoms with Crippen LogP contribution in [0, 0.1) is 34.4 Å². The summed E-state index contributed by atoms with van der Waals surface area (Å²) in [5, 5.41) is 3.39. The second kappa shape index (κ2) is 6.72. The zero-order valence-electron chi connectivity index (χ0n) is 17.5. The quantitative estimate of drug-likeness (QED) is 0.825. The summed E-state index contributed by atoms with van der Waals surface area (Å²) in [7, 11) is 1.49. The minimum atomic E-state index is -0.322. The van der Waals surface area contributed by atoms with Gasteiger partial charge in [0, 0.05) is 24.1 Å². The van der Waals surface area contributed by atoms with Crippen molar-refractivity contribution in [2.75, 3.05) is 13.7 Å². The van der Waals surface area contributed by atoms with E-state index in [1.165, 1.54) is 7.11 Å². The van der Waals surface area contributed by atoms with Gasteiger partial charge in [-0.25, -0.2) is 4.39 Å². The third-order valence-corrected chi connectivity index (χ3v) is 7.84. The monoisotopic (exact) mass is 389 g/mol. The van der Waals surface area contributed by atoms with Gasteiger partial charge in [-0.1, -0.05) is 39.8 Å². The molecule has 1 aromatic rings. The molecular weight excluding hydrogens is 357 g/mol. The molecule has 0 radical (unpaired) electrons. The molecule has 3 fully saturated rings. The van der Waals surface area contributed by atoms with Crippen LogP contribution in [-0.2, 0) is 9.53 Å². The molecule has 1 amide bonds. The van der Waals surface area contributed by atoms with Gasteiger partial charge in [-0.05, 0) is 48.0 Å². The Hall–Kier alpha value is -1.62. The van der Waals surface area contributed by atoms with Gasteiger partial charge in [-0.15, -0.1) is 0 Å². The van der Waals surface area contributed by atoms with Gasteiger partial charge in [0.2, 0.25) is 5.91 Å². The first-order valence-corrected chi connectivity index (χ1v) is 10.5. The molecule has 1 heterocycles. The fourth-order valence-electron chi connectivity index (χ4n) is 6.31. The molecule has 0 aromatic heterocycles. The van der Waals surface area contributed by atoms with Crippen molar-refractivity contribution in [1.29, 1.82) is 0 Å². The number of carbonyl (C=O) groups excluding carboxylic acids is 1. The number of halogens is 1. The number of carbonyl (C=O) groups is 1. The first kappa shape index (κ1) is 19.7. The van der Waals surface area contributed by atoms with E-state index in [2.05, 4.69) is 19.2 Å². The fourth-order valence-corrected chi connectivity index (χ4v) is 6.31. The van der Waals surface area contributed by atoms with E-state index >= 15 is 4.39 Å². The van der Waals surface area contributed by atoms with Crippen molar-refractivity contribution in [2.45, 2.75) is 59.1 Å². The van der Waals surface area contributed by atoms with Gasteiger partial charge in [-0.2, -0.15) is 0 Å². The van der Waals surface area contributed by atoms with E-state index in [0.717, 1.165) is 19.3 Å². The van der Waals surface area contributed by atoms with Gasteiger partial charge in [0.05, 0.1) is 13.2 Å². The smallest absolute Gasteiger partial charge is 0.222 e. The highest BCUT2D eigenvalue weighted by molar-refractivity contribution is 5.78. The standard InChI is InChI=1S/C23H32FNO3/c1-13(2)20(26)25-21-22(3,4)14-11-16-19(28-10-9-23(16,21)12-14)15-7-6-8-17(27-5)18(15)24/h6-8,13-14,16,19,21H,9-12H2,1-5H3,(H,25,26)/t14-,16-,19-,21-,23?/m1/s1. The summed E-state index contributed by atoms with van der Waals surface area (Å²) in [6.45, 7) is 9.02. The molecule has 1 spiro atoms. The number of ether oxygens (including phenoxy) is 2. The predicted molar refractivity (Wildman–Crippen MR) is 105 cm³/mol. The predicted octanol–water partition coefficient (Wildman–Crippen LogP) is 4.49. The number of benzene rings is 1. The molecule has 28 heavy (non-hydrogen) atoms. The van der Waals surface area contributed by atoms with Crippen LogP contribution in [0.3, 0.4) is 0 Å². The second-order valence-electron chi connectivity index (χ2n) is 9.80.